The van der Waals surface area contributed by atoms with Gasteiger partial charge in [-0.15, -0.1) is 11.3 Å². The number of hydrogen-bond acceptors (Lipinski definition) is 2. The van der Waals surface area contributed by atoms with Crippen LogP contribution in [0, 0.1) is 0 Å². The molecule has 0 atom stereocenters. The third-order valence-corrected chi connectivity index (χ3v) is 4.42. The predicted molar refractivity (Wildman–Crippen MR) is 99.9 cm³/mol. The van der Waals surface area contributed by atoms with E-state index in [1.54, 1.807) is 11.3 Å². The largest absolute Gasteiger partial charge is 0.494 e. The smallest absolute Gasteiger partial charge is 0.119 e. The van der Waals surface area contributed by atoms with Gasteiger partial charge in [-0.3, -0.25) is 0 Å². The lowest BCUT2D eigenvalue weighted by Crippen LogP contribution is -1.99. The van der Waals surface area contributed by atoms with E-state index in [1.807, 2.05) is 12.1 Å². The second-order valence-corrected chi connectivity index (χ2v) is 6.33. The van der Waals surface area contributed by atoms with Crippen LogP contribution in [0.15, 0.2) is 72.1 Å². The van der Waals surface area contributed by atoms with Gasteiger partial charge in [-0.05, 0) is 53.6 Å². The fraction of sp³-hybridized carbons (Fsp3) is 0.143. The van der Waals surface area contributed by atoms with Crippen LogP contribution in [0.3, 0.4) is 0 Å². The Kier molecular flexibility index (Phi) is 5.65. The Hall–Kier alpha value is -2.32. The first-order valence-corrected chi connectivity index (χ1v) is 8.76. The van der Waals surface area contributed by atoms with Crippen molar-refractivity contribution in [2.45, 2.75) is 12.8 Å². The fourth-order valence-electron chi connectivity index (χ4n) is 2.35. The number of aryl methyl sites for hydroxylation is 1. The number of thiophene rings is 1. The summed E-state index contributed by atoms with van der Waals surface area (Å²) in [5, 5.41) is 2.09. The monoisotopic (exact) mass is 320 g/mol. The summed E-state index contributed by atoms with van der Waals surface area (Å²) in [6.45, 7) is 0.749. The number of rotatable bonds is 7. The van der Waals surface area contributed by atoms with Gasteiger partial charge in [0, 0.05) is 4.88 Å². The summed E-state index contributed by atoms with van der Waals surface area (Å²) in [7, 11) is 0. The molecule has 0 N–H and O–H groups in total. The molecule has 1 heterocycles. The lowest BCUT2D eigenvalue weighted by atomic mass is 10.1. The van der Waals surface area contributed by atoms with Crippen molar-refractivity contribution in [3.05, 3.63) is 88.1 Å². The molecule has 0 aliphatic carbocycles. The minimum atomic E-state index is 0.749. The first-order chi connectivity index (χ1) is 11.4. The summed E-state index contributed by atoms with van der Waals surface area (Å²) in [4.78, 5) is 1.27. The standard InChI is InChI=1S/C21H20OS/c1-2-6-18(7-3-1)8-4-16-22-20-13-10-19(11-14-20)12-15-21-9-5-17-23-21/h1-3,5-7,9-15,17H,4,8,16H2/b15-12+. The molecule has 0 saturated carbocycles. The molecule has 1 aromatic heterocycles. The van der Waals surface area contributed by atoms with Crippen molar-refractivity contribution >= 4 is 23.5 Å². The highest BCUT2D eigenvalue weighted by Crippen LogP contribution is 2.17. The zero-order chi connectivity index (χ0) is 15.7. The van der Waals surface area contributed by atoms with Gasteiger partial charge in [0.1, 0.15) is 5.75 Å². The van der Waals surface area contributed by atoms with Crippen LogP contribution in [-0.4, -0.2) is 6.61 Å². The molecular weight excluding hydrogens is 300 g/mol. The summed E-state index contributed by atoms with van der Waals surface area (Å²) >= 11 is 1.75. The maximum absolute atomic E-state index is 5.81. The molecule has 0 spiro atoms. The van der Waals surface area contributed by atoms with Crippen LogP contribution in [0.1, 0.15) is 22.4 Å². The third kappa shape index (κ3) is 5.11. The van der Waals surface area contributed by atoms with Gasteiger partial charge in [0.25, 0.3) is 0 Å². The second kappa shape index (κ2) is 8.35. The number of hydrogen-bond donors (Lipinski definition) is 0. The van der Waals surface area contributed by atoms with E-state index in [0.717, 1.165) is 25.2 Å². The zero-order valence-electron chi connectivity index (χ0n) is 13.0. The molecule has 0 radical (unpaired) electrons. The van der Waals surface area contributed by atoms with Gasteiger partial charge in [0.2, 0.25) is 0 Å². The molecule has 3 aromatic rings. The predicted octanol–water partition coefficient (Wildman–Crippen LogP) is 5.93. The Labute approximate surface area is 141 Å². The lowest BCUT2D eigenvalue weighted by molar-refractivity contribution is 0.311. The van der Waals surface area contributed by atoms with E-state index in [2.05, 4.69) is 72.1 Å². The molecule has 1 nitrogen and oxygen atoms in total. The number of benzene rings is 2. The van der Waals surface area contributed by atoms with Crippen LogP contribution >= 0.6 is 11.3 Å². The Balaban J connectivity index is 1.44. The highest BCUT2D eigenvalue weighted by atomic mass is 32.1. The van der Waals surface area contributed by atoms with E-state index in [4.69, 9.17) is 4.74 Å². The van der Waals surface area contributed by atoms with E-state index in [1.165, 1.54) is 16.0 Å². The van der Waals surface area contributed by atoms with Crippen molar-refractivity contribution < 1.29 is 4.74 Å². The molecule has 0 saturated heterocycles. The zero-order valence-corrected chi connectivity index (χ0v) is 13.8. The van der Waals surface area contributed by atoms with Crippen molar-refractivity contribution in [1.29, 1.82) is 0 Å². The molecular formula is C21H20OS. The van der Waals surface area contributed by atoms with E-state index in [-0.39, 0.29) is 0 Å². The first-order valence-electron chi connectivity index (χ1n) is 7.88. The van der Waals surface area contributed by atoms with E-state index in [9.17, 15) is 0 Å². The van der Waals surface area contributed by atoms with E-state index in [0.29, 0.717) is 0 Å². The van der Waals surface area contributed by atoms with Gasteiger partial charge >= 0.3 is 0 Å². The quantitative estimate of drug-likeness (QED) is 0.490. The highest BCUT2D eigenvalue weighted by Gasteiger charge is 1.96. The molecule has 0 amide bonds. The molecule has 3 rings (SSSR count). The van der Waals surface area contributed by atoms with Crippen molar-refractivity contribution in [2.24, 2.45) is 0 Å². The minimum Gasteiger partial charge on any atom is -0.494 e. The summed E-state index contributed by atoms with van der Waals surface area (Å²) in [5.41, 5.74) is 2.56. The summed E-state index contributed by atoms with van der Waals surface area (Å²) in [5.74, 6) is 0.936. The normalized spacial score (nSPS) is 11.0. The Bertz CT molecular complexity index is 712. The average molecular weight is 320 g/mol. The highest BCUT2D eigenvalue weighted by molar-refractivity contribution is 7.10. The number of ether oxygens (including phenoxy) is 1. The van der Waals surface area contributed by atoms with Crippen LogP contribution in [-0.2, 0) is 6.42 Å². The maximum Gasteiger partial charge on any atom is 0.119 e. The van der Waals surface area contributed by atoms with E-state index >= 15 is 0 Å². The third-order valence-electron chi connectivity index (χ3n) is 3.58. The molecule has 0 unspecified atom stereocenters. The van der Waals surface area contributed by atoms with E-state index < -0.39 is 0 Å². The maximum atomic E-state index is 5.81. The van der Waals surface area contributed by atoms with Crippen LogP contribution in [0.2, 0.25) is 0 Å². The molecule has 0 bridgehead atoms. The van der Waals surface area contributed by atoms with Gasteiger partial charge in [-0.25, -0.2) is 0 Å². The molecule has 2 heteroatoms. The van der Waals surface area contributed by atoms with Gasteiger partial charge in [0.05, 0.1) is 6.61 Å². The van der Waals surface area contributed by atoms with Crippen LogP contribution in [0.4, 0.5) is 0 Å². The Morgan fingerprint density at radius 1 is 0.826 bits per heavy atom. The SMILES string of the molecule is C(=C\c1cccs1)/c1ccc(OCCCc2ccccc2)cc1. The van der Waals surface area contributed by atoms with Crippen molar-refractivity contribution in [1.82, 2.24) is 0 Å². The molecule has 0 aliphatic heterocycles. The summed E-state index contributed by atoms with van der Waals surface area (Å²) in [6.07, 6.45) is 6.36. The van der Waals surface area contributed by atoms with Gasteiger partial charge in [-0.2, -0.15) is 0 Å². The van der Waals surface area contributed by atoms with Crippen LogP contribution < -0.4 is 4.74 Å². The van der Waals surface area contributed by atoms with Crippen molar-refractivity contribution in [2.75, 3.05) is 6.61 Å². The fourth-order valence-corrected chi connectivity index (χ4v) is 2.97. The lowest BCUT2D eigenvalue weighted by Gasteiger charge is -2.06. The van der Waals surface area contributed by atoms with Crippen LogP contribution in [0.5, 0.6) is 5.75 Å². The molecule has 0 aliphatic rings. The molecule has 0 fully saturated rings. The van der Waals surface area contributed by atoms with Gasteiger partial charge in [-0.1, -0.05) is 54.6 Å². The molecule has 2 aromatic carbocycles. The van der Waals surface area contributed by atoms with Crippen LogP contribution in [0.25, 0.3) is 12.2 Å². The van der Waals surface area contributed by atoms with Gasteiger partial charge < -0.3 is 4.74 Å². The Morgan fingerprint density at radius 3 is 2.39 bits per heavy atom. The summed E-state index contributed by atoms with van der Waals surface area (Å²) in [6, 6.07) is 23.0. The second-order valence-electron chi connectivity index (χ2n) is 5.36. The summed E-state index contributed by atoms with van der Waals surface area (Å²) < 4.78 is 5.81. The van der Waals surface area contributed by atoms with Crippen molar-refractivity contribution in [3.63, 3.8) is 0 Å². The first kappa shape index (κ1) is 15.6. The Morgan fingerprint density at radius 2 is 1.65 bits per heavy atom. The molecule has 23 heavy (non-hydrogen) atoms. The topological polar surface area (TPSA) is 9.23 Å². The minimum absolute atomic E-state index is 0.749. The average Bonchev–Trinajstić information content (AvgIpc) is 3.12. The van der Waals surface area contributed by atoms with Crippen molar-refractivity contribution in [3.8, 4) is 5.75 Å². The molecule has 116 valence electrons. The van der Waals surface area contributed by atoms with Gasteiger partial charge in [0.15, 0.2) is 0 Å².